The monoisotopic (exact) mass is 670 g/mol. The largest absolute Gasteiger partial charge is 0.485 e. The molecular formula is C36H46O4S4. The molecule has 4 aromatic heterocycles. The highest BCUT2D eigenvalue weighted by molar-refractivity contribution is 7.29. The number of unbranched alkanes of at least 4 members (excludes halogenated alkanes) is 2. The lowest BCUT2D eigenvalue weighted by molar-refractivity contribution is 0.172. The first-order valence-electron chi connectivity index (χ1n) is 16.6. The number of rotatable bonds is 15. The SMILES string of the molecule is CCCC[C@@H](CC)Cc1csc(-c2sc(-c3sc(-c4cc(C[C@@H](CC)CCCC)cs4)c4c3OCCO4)c3c2OCCO3)c1. The minimum atomic E-state index is 0.560. The summed E-state index contributed by atoms with van der Waals surface area (Å²) in [7, 11) is 0. The van der Waals surface area contributed by atoms with Gasteiger partial charge in [0.25, 0.3) is 0 Å². The number of ether oxygens (including phenoxy) is 4. The van der Waals surface area contributed by atoms with E-state index in [1.165, 1.54) is 82.0 Å². The molecule has 2 atom stereocenters. The van der Waals surface area contributed by atoms with Crippen LogP contribution in [-0.4, -0.2) is 26.4 Å². The molecule has 0 N–H and O–H groups in total. The Morgan fingerprint density at radius 2 is 0.955 bits per heavy atom. The van der Waals surface area contributed by atoms with Crippen molar-refractivity contribution >= 4 is 45.3 Å². The molecule has 6 heterocycles. The zero-order valence-corrected chi connectivity index (χ0v) is 29.9. The minimum absolute atomic E-state index is 0.560. The topological polar surface area (TPSA) is 36.9 Å². The molecule has 44 heavy (non-hydrogen) atoms. The zero-order valence-electron chi connectivity index (χ0n) is 26.6. The van der Waals surface area contributed by atoms with Crippen LogP contribution < -0.4 is 18.9 Å². The van der Waals surface area contributed by atoms with Gasteiger partial charge in [0.1, 0.15) is 26.4 Å². The molecule has 0 spiro atoms. The van der Waals surface area contributed by atoms with Gasteiger partial charge in [-0.2, -0.15) is 0 Å². The molecule has 2 aliphatic rings. The van der Waals surface area contributed by atoms with Crippen LogP contribution in [0.3, 0.4) is 0 Å². The molecule has 0 bridgehead atoms. The van der Waals surface area contributed by atoms with E-state index in [-0.39, 0.29) is 0 Å². The maximum Gasteiger partial charge on any atom is 0.181 e. The van der Waals surface area contributed by atoms with Crippen molar-refractivity contribution in [2.24, 2.45) is 11.8 Å². The fourth-order valence-electron chi connectivity index (χ4n) is 6.28. The van der Waals surface area contributed by atoms with Gasteiger partial charge in [0, 0.05) is 9.75 Å². The van der Waals surface area contributed by atoms with Crippen molar-refractivity contribution in [2.45, 2.75) is 91.9 Å². The second-order valence-corrected chi connectivity index (χ2v) is 16.0. The number of fused-ring (bicyclic) bond motifs is 2. The van der Waals surface area contributed by atoms with E-state index < -0.39 is 0 Å². The first kappa shape index (κ1) is 32.0. The van der Waals surface area contributed by atoms with Gasteiger partial charge in [0.2, 0.25) is 0 Å². The molecule has 0 saturated heterocycles. The number of hydrogen-bond donors (Lipinski definition) is 0. The summed E-state index contributed by atoms with van der Waals surface area (Å²) in [5.41, 5.74) is 2.88. The maximum absolute atomic E-state index is 6.35. The van der Waals surface area contributed by atoms with E-state index in [9.17, 15) is 0 Å². The first-order chi connectivity index (χ1) is 21.6. The van der Waals surface area contributed by atoms with Gasteiger partial charge in [-0.15, -0.1) is 45.3 Å². The van der Waals surface area contributed by atoms with Crippen LogP contribution in [0, 0.1) is 11.8 Å². The van der Waals surface area contributed by atoms with Crippen molar-refractivity contribution in [1.82, 2.24) is 0 Å². The van der Waals surface area contributed by atoms with Gasteiger partial charge in [-0.25, -0.2) is 0 Å². The Labute approximate surface area is 279 Å². The van der Waals surface area contributed by atoms with Crippen LogP contribution in [0.5, 0.6) is 23.0 Å². The van der Waals surface area contributed by atoms with E-state index >= 15 is 0 Å². The Morgan fingerprint density at radius 1 is 0.568 bits per heavy atom. The molecule has 0 amide bonds. The molecule has 4 nitrogen and oxygen atoms in total. The molecule has 0 unspecified atom stereocenters. The van der Waals surface area contributed by atoms with Crippen molar-refractivity contribution in [3.05, 3.63) is 34.0 Å². The molecule has 8 heteroatoms. The van der Waals surface area contributed by atoms with E-state index in [1.807, 2.05) is 22.7 Å². The predicted octanol–water partition coefficient (Wildman–Crippen LogP) is 12.0. The second kappa shape index (κ2) is 15.1. The van der Waals surface area contributed by atoms with Crippen LogP contribution in [0.4, 0.5) is 0 Å². The molecule has 2 aliphatic heterocycles. The van der Waals surface area contributed by atoms with Crippen molar-refractivity contribution in [3.63, 3.8) is 0 Å². The Balaban J connectivity index is 1.32. The summed E-state index contributed by atoms with van der Waals surface area (Å²) in [5.74, 6) is 5.00. The maximum atomic E-state index is 6.35. The van der Waals surface area contributed by atoms with Crippen LogP contribution in [0.2, 0.25) is 0 Å². The molecule has 0 fully saturated rings. The minimum Gasteiger partial charge on any atom is -0.485 e. The summed E-state index contributed by atoms with van der Waals surface area (Å²) in [4.78, 5) is 7.07. The highest BCUT2D eigenvalue weighted by Crippen LogP contribution is 2.62. The third kappa shape index (κ3) is 6.89. The molecule has 6 rings (SSSR count). The van der Waals surface area contributed by atoms with E-state index in [0.717, 1.165) is 57.4 Å². The van der Waals surface area contributed by atoms with E-state index in [1.54, 1.807) is 22.7 Å². The van der Waals surface area contributed by atoms with Crippen molar-refractivity contribution in [1.29, 1.82) is 0 Å². The average Bonchev–Trinajstić information content (AvgIpc) is 3.86. The molecular weight excluding hydrogens is 625 g/mol. The summed E-state index contributed by atoms with van der Waals surface area (Å²) in [6.07, 6.45) is 12.5. The van der Waals surface area contributed by atoms with Gasteiger partial charge >= 0.3 is 0 Å². The van der Waals surface area contributed by atoms with E-state index in [0.29, 0.717) is 26.4 Å². The first-order valence-corrected chi connectivity index (χ1v) is 20.0. The summed E-state index contributed by atoms with van der Waals surface area (Å²) in [5, 5.41) is 4.70. The summed E-state index contributed by atoms with van der Waals surface area (Å²) in [6, 6.07) is 4.78. The van der Waals surface area contributed by atoms with Gasteiger partial charge in [0.05, 0.1) is 19.5 Å². The number of hydrogen-bond acceptors (Lipinski definition) is 8. The van der Waals surface area contributed by atoms with Crippen LogP contribution in [0.1, 0.15) is 90.2 Å². The Bertz CT molecular complexity index is 1400. The van der Waals surface area contributed by atoms with Gasteiger partial charge in [-0.05, 0) is 58.7 Å². The van der Waals surface area contributed by atoms with Crippen molar-refractivity contribution in [3.8, 4) is 52.3 Å². The lowest BCUT2D eigenvalue weighted by Crippen LogP contribution is -2.15. The summed E-state index contributed by atoms with van der Waals surface area (Å²) in [6.45, 7) is 11.5. The fraction of sp³-hybridized carbons (Fsp3) is 0.556. The zero-order chi connectivity index (χ0) is 30.5. The lowest BCUT2D eigenvalue weighted by atomic mass is 9.93. The lowest BCUT2D eigenvalue weighted by Gasteiger charge is -2.18. The molecule has 4 aromatic rings. The second-order valence-electron chi connectivity index (χ2n) is 12.1. The molecule has 0 radical (unpaired) electrons. The number of thiophene rings is 4. The third-order valence-corrected chi connectivity index (χ3v) is 13.7. The van der Waals surface area contributed by atoms with E-state index in [4.69, 9.17) is 18.9 Å². The van der Waals surface area contributed by atoms with Crippen molar-refractivity contribution in [2.75, 3.05) is 26.4 Å². The van der Waals surface area contributed by atoms with Gasteiger partial charge in [-0.3, -0.25) is 0 Å². The smallest absolute Gasteiger partial charge is 0.181 e. The highest BCUT2D eigenvalue weighted by Gasteiger charge is 2.34. The quantitative estimate of drug-likeness (QED) is 0.126. The third-order valence-electron chi connectivity index (χ3n) is 8.89. The highest BCUT2D eigenvalue weighted by atomic mass is 32.1. The van der Waals surface area contributed by atoms with Crippen LogP contribution in [0.15, 0.2) is 22.9 Å². The predicted molar refractivity (Wildman–Crippen MR) is 190 cm³/mol. The normalized spacial score (nSPS) is 15.5. The summed E-state index contributed by atoms with van der Waals surface area (Å²) < 4.78 is 25.3. The summed E-state index contributed by atoms with van der Waals surface area (Å²) >= 11 is 7.21. The molecule has 238 valence electrons. The molecule has 0 aliphatic carbocycles. The van der Waals surface area contributed by atoms with Crippen LogP contribution in [-0.2, 0) is 12.8 Å². The van der Waals surface area contributed by atoms with Crippen LogP contribution in [0.25, 0.3) is 29.3 Å². The standard InChI is InChI=1S/C36H46O4S4/c1-5-9-11-23(7-3)17-25-19-27(41-21-25)33-29-31(39-15-13-37-29)35(43-33)36-32-30(38-14-16-40-32)34(44-36)28-20-26(22-42-28)18-24(8-4)12-10-6-2/h19-24H,5-18H2,1-4H3/t23-,24+. The Morgan fingerprint density at radius 3 is 1.32 bits per heavy atom. The Hall–Kier alpha value is -2.00. The van der Waals surface area contributed by atoms with Crippen molar-refractivity contribution < 1.29 is 18.9 Å². The fourth-order valence-corrected chi connectivity index (χ4v) is 10.9. The van der Waals surface area contributed by atoms with Crippen LogP contribution >= 0.6 is 45.3 Å². The molecule has 0 saturated carbocycles. The molecule has 0 aromatic carbocycles. The van der Waals surface area contributed by atoms with Gasteiger partial charge in [0.15, 0.2) is 23.0 Å². The van der Waals surface area contributed by atoms with Gasteiger partial charge < -0.3 is 18.9 Å². The average molecular weight is 671 g/mol. The van der Waals surface area contributed by atoms with Gasteiger partial charge in [-0.1, -0.05) is 79.1 Å². The van der Waals surface area contributed by atoms with E-state index in [2.05, 4.69) is 50.6 Å². The Kier molecular flexibility index (Phi) is 10.9.